The molecule has 0 radical (unpaired) electrons. The van der Waals surface area contributed by atoms with Crippen LogP contribution in [0.2, 0.25) is 0 Å². The van der Waals surface area contributed by atoms with Crippen molar-refractivity contribution in [3.63, 3.8) is 0 Å². The summed E-state index contributed by atoms with van der Waals surface area (Å²) in [6, 6.07) is 5.18. The Balaban J connectivity index is 1.97. The average Bonchev–Trinajstić information content (AvgIpc) is 3.14. The number of halogens is 2. The van der Waals surface area contributed by atoms with E-state index in [1.54, 1.807) is 17.0 Å². The first-order chi connectivity index (χ1) is 10.1. The molecule has 1 fully saturated rings. The Morgan fingerprint density at radius 1 is 1.33 bits per heavy atom. The third kappa shape index (κ3) is 2.74. The van der Waals surface area contributed by atoms with Crippen molar-refractivity contribution in [3.8, 4) is 0 Å². The van der Waals surface area contributed by atoms with Crippen molar-refractivity contribution in [1.82, 2.24) is 0 Å². The van der Waals surface area contributed by atoms with E-state index in [9.17, 15) is 13.6 Å². The van der Waals surface area contributed by atoms with Gasteiger partial charge in [0.05, 0.1) is 18.4 Å². The molecule has 2 aromatic rings. The fourth-order valence-corrected chi connectivity index (χ4v) is 2.31. The highest BCUT2D eigenvalue weighted by molar-refractivity contribution is 5.88. The van der Waals surface area contributed by atoms with Crippen LogP contribution < -0.4 is 4.90 Å². The van der Waals surface area contributed by atoms with Crippen LogP contribution in [0.1, 0.15) is 29.0 Å². The summed E-state index contributed by atoms with van der Waals surface area (Å²) in [4.78, 5) is 12.4. The van der Waals surface area contributed by atoms with Gasteiger partial charge in [-0.1, -0.05) is 0 Å². The maximum Gasteiger partial charge on any atom is 0.335 e. The number of hydrogen-bond donors (Lipinski definition) is 1. The van der Waals surface area contributed by atoms with Gasteiger partial charge in [-0.05, 0) is 37.1 Å². The number of anilines is 1. The average molecular weight is 293 g/mol. The van der Waals surface area contributed by atoms with Gasteiger partial charge in [-0.3, -0.25) is 0 Å². The first-order valence-corrected chi connectivity index (χ1v) is 6.57. The lowest BCUT2D eigenvalue weighted by molar-refractivity contribution is 0.0695. The van der Waals surface area contributed by atoms with Gasteiger partial charge in [-0.2, -0.15) is 0 Å². The minimum atomic E-state index is -1.36. The second kappa shape index (κ2) is 5.20. The van der Waals surface area contributed by atoms with Gasteiger partial charge in [0.2, 0.25) is 0 Å². The monoisotopic (exact) mass is 293 g/mol. The quantitative estimate of drug-likeness (QED) is 0.917. The van der Waals surface area contributed by atoms with Gasteiger partial charge in [0.1, 0.15) is 23.1 Å². The van der Waals surface area contributed by atoms with Crippen molar-refractivity contribution in [2.45, 2.75) is 25.4 Å². The van der Waals surface area contributed by atoms with E-state index in [4.69, 9.17) is 9.52 Å². The largest absolute Gasteiger partial charge is 0.478 e. The molecule has 21 heavy (non-hydrogen) atoms. The summed E-state index contributed by atoms with van der Waals surface area (Å²) in [6.07, 6.45) is 3.20. The number of carbonyl (C=O) groups is 1. The highest BCUT2D eigenvalue weighted by atomic mass is 19.1. The molecule has 1 N–H and O–H groups in total. The minimum absolute atomic E-state index is 0.0507. The summed E-state index contributed by atoms with van der Waals surface area (Å²) in [6.45, 7) is 0.248. The Morgan fingerprint density at radius 3 is 2.48 bits per heavy atom. The maximum absolute atomic E-state index is 14.2. The van der Waals surface area contributed by atoms with Crippen molar-refractivity contribution in [1.29, 1.82) is 0 Å². The molecule has 1 aromatic carbocycles. The molecular formula is C15H13F2NO3. The van der Waals surface area contributed by atoms with Crippen LogP contribution in [0.5, 0.6) is 0 Å². The molecule has 4 nitrogen and oxygen atoms in total. The van der Waals surface area contributed by atoms with E-state index in [1.807, 2.05) is 0 Å². The van der Waals surface area contributed by atoms with Crippen LogP contribution >= 0.6 is 0 Å². The number of rotatable bonds is 5. The molecule has 110 valence electrons. The smallest absolute Gasteiger partial charge is 0.335 e. The zero-order valence-corrected chi connectivity index (χ0v) is 11.1. The number of aromatic carboxylic acids is 1. The van der Waals surface area contributed by atoms with Crippen molar-refractivity contribution in [3.05, 3.63) is 53.5 Å². The van der Waals surface area contributed by atoms with Crippen molar-refractivity contribution in [2.24, 2.45) is 0 Å². The third-order valence-electron chi connectivity index (χ3n) is 3.44. The number of carboxylic acids is 1. The standard InChI is InChI=1S/C15H13F2NO3/c16-12-6-9(15(19)20)7-13(17)14(12)18(10-3-4-10)8-11-2-1-5-21-11/h1-2,5-7,10H,3-4,8H2,(H,19,20). The van der Waals surface area contributed by atoms with Crippen LogP contribution in [0.25, 0.3) is 0 Å². The molecule has 0 amide bonds. The zero-order chi connectivity index (χ0) is 15.0. The van der Waals surface area contributed by atoms with Crippen LogP contribution in [0.15, 0.2) is 34.9 Å². The lowest BCUT2D eigenvalue weighted by Crippen LogP contribution is -2.27. The van der Waals surface area contributed by atoms with E-state index in [0.29, 0.717) is 5.76 Å². The van der Waals surface area contributed by atoms with Gasteiger partial charge in [0.15, 0.2) is 0 Å². The Kier molecular flexibility index (Phi) is 3.37. The second-order valence-corrected chi connectivity index (χ2v) is 5.03. The van der Waals surface area contributed by atoms with Crippen LogP contribution in [-0.4, -0.2) is 17.1 Å². The molecule has 0 spiro atoms. The van der Waals surface area contributed by atoms with Crippen LogP contribution in [0, 0.1) is 11.6 Å². The molecule has 0 unspecified atom stereocenters. The summed E-state index contributed by atoms with van der Waals surface area (Å²) < 4.78 is 33.5. The molecule has 0 saturated heterocycles. The molecule has 0 bridgehead atoms. The Bertz CT molecular complexity index is 643. The fraction of sp³-hybridized carbons (Fsp3) is 0.267. The summed E-state index contributed by atoms with van der Waals surface area (Å²) in [7, 11) is 0. The molecule has 1 heterocycles. The molecule has 1 aliphatic carbocycles. The van der Waals surface area contributed by atoms with Gasteiger partial charge in [-0.15, -0.1) is 0 Å². The zero-order valence-electron chi connectivity index (χ0n) is 11.1. The lowest BCUT2D eigenvalue weighted by Gasteiger charge is -2.24. The van der Waals surface area contributed by atoms with Crippen LogP contribution in [0.3, 0.4) is 0 Å². The van der Waals surface area contributed by atoms with E-state index >= 15 is 0 Å². The topological polar surface area (TPSA) is 53.7 Å². The molecule has 1 aromatic heterocycles. The normalized spacial score (nSPS) is 14.2. The molecule has 0 aliphatic heterocycles. The first kappa shape index (κ1) is 13.6. The second-order valence-electron chi connectivity index (χ2n) is 5.03. The molecule has 1 saturated carbocycles. The van der Waals surface area contributed by atoms with Gasteiger partial charge >= 0.3 is 5.97 Å². The number of nitrogens with zero attached hydrogens (tertiary/aromatic N) is 1. The summed E-state index contributed by atoms with van der Waals surface area (Å²) in [5, 5.41) is 8.83. The van der Waals surface area contributed by atoms with Crippen molar-refractivity contribution in [2.75, 3.05) is 4.90 Å². The van der Waals surface area contributed by atoms with Gasteiger partial charge in [0.25, 0.3) is 0 Å². The predicted octanol–water partition coefficient (Wildman–Crippen LogP) is 3.43. The predicted molar refractivity (Wildman–Crippen MR) is 71.2 cm³/mol. The lowest BCUT2D eigenvalue weighted by atomic mass is 10.1. The molecule has 6 heteroatoms. The SMILES string of the molecule is O=C(O)c1cc(F)c(N(Cc2ccco2)C2CC2)c(F)c1. The summed E-state index contributed by atoms with van der Waals surface area (Å²) >= 11 is 0. The number of benzene rings is 1. The van der Waals surface area contributed by atoms with Crippen molar-refractivity contribution < 1.29 is 23.1 Å². The van der Waals surface area contributed by atoms with Gasteiger partial charge in [-0.25, -0.2) is 13.6 Å². The minimum Gasteiger partial charge on any atom is -0.478 e. The summed E-state index contributed by atoms with van der Waals surface area (Å²) in [5.74, 6) is -2.50. The van der Waals surface area contributed by atoms with Crippen LogP contribution in [0.4, 0.5) is 14.5 Å². The van der Waals surface area contributed by atoms with E-state index < -0.39 is 23.2 Å². The number of furan rings is 1. The Hall–Kier alpha value is -2.37. The Labute approximate surface area is 119 Å². The van der Waals surface area contributed by atoms with Crippen molar-refractivity contribution >= 4 is 11.7 Å². The highest BCUT2D eigenvalue weighted by Crippen LogP contribution is 2.36. The van der Waals surface area contributed by atoms with E-state index in [0.717, 1.165) is 25.0 Å². The number of carboxylic acid groups (broad SMARTS) is 1. The Morgan fingerprint density at radius 2 is 2.00 bits per heavy atom. The fourth-order valence-electron chi connectivity index (χ4n) is 2.31. The first-order valence-electron chi connectivity index (χ1n) is 6.57. The van der Waals surface area contributed by atoms with E-state index in [1.165, 1.54) is 6.26 Å². The molecule has 1 aliphatic rings. The number of hydrogen-bond acceptors (Lipinski definition) is 3. The molecule has 3 rings (SSSR count). The van der Waals surface area contributed by atoms with E-state index in [2.05, 4.69) is 0 Å². The molecular weight excluding hydrogens is 280 g/mol. The summed E-state index contributed by atoms with van der Waals surface area (Å²) in [5.41, 5.74) is -0.596. The molecule has 0 atom stereocenters. The highest BCUT2D eigenvalue weighted by Gasteiger charge is 2.33. The van der Waals surface area contributed by atoms with Gasteiger partial charge < -0.3 is 14.4 Å². The van der Waals surface area contributed by atoms with E-state index in [-0.39, 0.29) is 18.3 Å². The van der Waals surface area contributed by atoms with Gasteiger partial charge in [0, 0.05) is 6.04 Å². The maximum atomic E-state index is 14.2. The van der Waals surface area contributed by atoms with Crippen LogP contribution in [-0.2, 0) is 6.54 Å². The third-order valence-corrected chi connectivity index (χ3v) is 3.44.